The Morgan fingerprint density at radius 2 is 2.21 bits per heavy atom. The van der Waals surface area contributed by atoms with E-state index in [1.807, 2.05) is 0 Å². The van der Waals surface area contributed by atoms with Gasteiger partial charge in [0.25, 0.3) is 5.91 Å². The van der Waals surface area contributed by atoms with E-state index in [2.05, 4.69) is 4.98 Å². The molecule has 1 amide bonds. The molecule has 2 heterocycles. The van der Waals surface area contributed by atoms with Gasteiger partial charge in [-0.05, 0) is 12.8 Å². The Morgan fingerprint density at radius 1 is 1.47 bits per heavy atom. The number of hydrogen-bond donors (Lipinski definition) is 1. The molecule has 0 atom stereocenters. The van der Waals surface area contributed by atoms with Crippen LogP contribution >= 0.6 is 11.3 Å². The van der Waals surface area contributed by atoms with Crippen LogP contribution in [0.1, 0.15) is 29.8 Å². The number of piperidine rings is 1. The predicted octanol–water partition coefficient (Wildman–Crippen LogP) is 1.24. The van der Waals surface area contributed by atoms with Gasteiger partial charge < -0.3 is 14.7 Å². The van der Waals surface area contributed by atoms with E-state index in [0.717, 1.165) is 12.8 Å². The highest BCUT2D eigenvalue weighted by Crippen LogP contribution is 2.16. The second kappa shape index (κ2) is 6.63. The smallest absolute Gasteiger partial charge is 0.305 e. The van der Waals surface area contributed by atoms with Gasteiger partial charge in [-0.25, -0.2) is 4.98 Å². The molecule has 0 unspecified atom stereocenters. The van der Waals surface area contributed by atoms with E-state index in [0.29, 0.717) is 18.8 Å². The van der Waals surface area contributed by atoms with Crippen LogP contribution in [0.3, 0.4) is 0 Å². The first-order valence-electron chi connectivity index (χ1n) is 6.17. The molecule has 0 saturated carbocycles. The molecule has 2 rings (SSSR count). The van der Waals surface area contributed by atoms with Gasteiger partial charge >= 0.3 is 5.97 Å². The molecule has 19 heavy (non-hydrogen) atoms. The quantitative estimate of drug-likeness (QED) is 0.880. The van der Waals surface area contributed by atoms with Crippen molar-refractivity contribution in [3.05, 3.63) is 16.6 Å². The van der Waals surface area contributed by atoms with Crippen molar-refractivity contribution >= 4 is 23.2 Å². The fourth-order valence-electron chi connectivity index (χ4n) is 2.02. The summed E-state index contributed by atoms with van der Waals surface area (Å²) in [4.78, 5) is 28.2. The van der Waals surface area contributed by atoms with Crippen molar-refractivity contribution in [3.8, 4) is 0 Å². The Labute approximate surface area is 115 Å². The van der Waals surface area contributed by atoms with Crippen LogP contribution in [0, 0.1) is 0 Å². The van der Waals surface area contributed by atoms with Crippen LogP contribution in [0.15, 0.2) is 10.9 Å². The lowest BCUT2D eigenvalue weighted by Crippen LogP contribution is -2.41. The number of aliphatic carboxylic acids is 1. The normalized spacial score (nSPS) is 16.5. The Morgan fingerprint density at radius 3 is 2.79 bits per heavy atom. The molecule has 0 aromatic carbocycles. The number of rotatable bonds is 5. The molecule has 1 saturated heterocycles. The zero-order valence-electron chi connectivity index (χ0n) is 10.4. The molecule has 1 aliphatic rings. The molecular weight excluding hydrogens is 268 g/mol. The number of hydrogen-bond acceptors (Lipinski definition) is 5. The molecular formula is C12H16N2O4S. The van der Waals surface area contributed by atoms with Crippen LogP contribution in [0.4, 0.5) is 0 Å². The molecule has 7 heteroatoms. The van der Waals surface area contributed by atoms with Gasteiger partial charge in [0.05, 0.1) is 24.6 Å². The number of carboxylic acid groups (broad SMARTS) is 1. The summed E-state index contributed by atoms with van der Waals surface area (Å²) >= 11 is 1.41. The second-order valence-electron chi connectivity index (χ2n) is 4.38. The summed E-state index contributed by atoms with van der Waals surface area (Å²) in [5.41, 5.74) is 2.14. The van der Waals surface area contributed by atoms with Gasteiger partial charge in [0.15, 0.2) is 0 Å². The fraction of sp³-hybridized carbons (Fsp3) is 0.583. The summed E-state index contributed by atoms with van der Waals surface area (Å²) in [5, 5.41) is 10.3. The second-order valence-corrected chi connectivity index (χ2v) is 5.10. The number of amides is 1. The third kappa shape index (κ3) is 4.00. The van der Waals surface area contributed by atoms with Crippen LogP contribution in [0.2, 0.25) is 0 Å². The lowest BCUT2D eigenvalue weighted by Gasteiger charge is -2.31. The van der Waals surface area contributed by atoms with Gasteiger partial charge in [0.1, 0.15) is 5.69 Å². The molecule has 1 aliphatic heterocycles. The summed E-state index contributed by atoms with van der Waals surface area (Å²) in [6.45, 7) is 1.50. The van der Waals surface area contributed by atoms with E-state index in [1.165, 1.54) is 11.3 Å². The average molecular weight is 284 g/mol. The SMILES string of the molecule is O=C(O)CCOC1CCN(C(=O)c2cscn2)CC1. The van der Waals surface area contributed by atoms with Gasteiger partial charge in [0.2, 0.25) is 0 Å². The van der Waals surface area contributed by atoms with Crippen molar-refractivity contribution < 1.29 is 19.4 Å². The third-order valence-corrected chi connectivity index (χ3v) is 3.64. The van der Waals surface area contributed by atoms with E-state index in [-0.39, 0.29) is 25.0 Å². The summed E-state index contributed by atoms with van der Waals surface area (Å²) in [6.07, 6.45) is 1.57. The molecule has 0 radical (unpaired) electrons. The van der Waals surface area contributed by atoms with Crippen molar-refractivity contribution in [2.24, 2.45) is 0 Å². The van der Waals surface area contributed by atoms with Crippen molar-refractivity contribution in [3.63, 3.8) is 0 Å². The lowest BCUT2D eigenvalue weighted by molar-refractivity contribution is -0.138. The van der Waals surface area contributed by atoms with E-state index in [4.69, 9.17) is 9.84 Å². The molecule has 0 bridgehead atoms. The van der Waals surface area contributed by atoms with E-state index >= 15 is 0 Å². The molecule has 0 spiro atoms. The van der Waals surface area contributed by atoms with Crippen molar-refractivity contribution in [2.75, 3.05) is 19.7 Å². The van der Waals surface area contributed by atoms with Gasteiger partial charge in [-0.3, -0.25) is 9.59 Å². The van der Waals surface area contributed by atoms with Crippen LogP contribution in [-0.4, -0.2) is 52.7 Å². The number of carboxylic acids is 1. The molecule has 1 N–H and O–H groups in total. The highest BCUT2D eigenvalue weighted by atomic mass is 32.1. The van der Waals surface area contributed by atoms with E-state index < -0.39 is 5.97 Å². The monoisotopic (exact) mass is 284 g/mol. The first-order chi connectivity index (χ1) is 9.16. The van der Waals surface area contributed by atoms with Gasteiger partial charge in [-0.1, -0.05) is 0 Å². The Kier molecular flexibility index (Phi) is 4.86. The summed E-state index contributed by atoms with van der Waals surface area (Å²) in [5.74, 6) is -0.888. The minimum Gasteiger partial charge on any atom is -0.481 e. The summed E-state index contributed by atoms with van der Waals surface area (Å²) in [6, 6.07) is 0. The number of ether oxygens (including phenoxy) is 1. The molecule has 0 aliphatic carbocycles. The van der Waals surface area contributed by atoms with Crippen molar-refractivity contribution in [1.29, 1.82) is 0 Å². The molecule has 1 aromatic heterocycles. The number of thiazole rings is 1. The maximum Gasteiger partial charge on any atom is 0.305 e. The minimum absolute atomic E-state index is 0.0258. The van der Waals surface area contributed by atoms with Crippen LogP contribution < -0.4 is 0 Å². The largest absolute Gasteiger partial charge is 0.481 e. The number of carbonyl (C=O) groups is 2. The molecule has 1 aromatic rings. The molecule has 1 fully saturated rings. The van der Waals surface area contributed by atoms with Crippen molar-refractivity contribution in [1.82, 2.24) is 9.88 Å². The van der Waals surface area contributed by atoms with E-state index in [9.17, 15) is 9.59 Å². The highest BCUT2D eigenvalue weighted by Gasteiger charge is 2.24. The molecule has 104 valence electrons. The average Bonchev–Trinajstić information content (AvgIpc) is 2.92. The van der Waals surface area contributed by atoms with Gasteiger partial charge in [-0.15, -0.1) is 11.3 Å². The van der Waals surface area contributed by atoms with E-state index in [1.54, 1.807) is 15.8 Å². The first kappa shape index (κ1) is 14.0. The zero-order chi connectivity index (χ0) is 13.7. The first-order valence-corrected chi connectivity index (χ1v) is 7.12. The van der Waals surface area contributed by atoms with Gasteiger partial charge in [-0.2, -0.15) is 0 Å². The maximum absolute atomic E-state index is 12.0. The predicted molar refractivity (Wildman–Crippen MR) is 69.2 cm³/mol. The van der Waals surface area contributed by atoms with Gasteiger partial charge in [0, 0.05) is 18.5 Å². The number of carbonyl (C=O) groups excluding carboxylic acids is 1. The van der Waals surface area contributed by atoms with Crippen LogP contribution in [-0.2, 0) is 9.53 Å². The third-order valence-electron chi connectivity index (χ3n) is 3.05. The number of nitrogens with zero attached hydrogens (tertiary/aromatic N) is 2. The van der Waals surface area contributed by atoms with Crippen LogP contribution in [0.25, 0.3) is 0 Å². The van der Waals surface area contributed by atoms with Crippen LogP contribution in [0.5, 0.6) is 0 Å². The summed E-state index contributed by atoms with van der Waals surface area (Å²) < 4.78 is 5.48. The molecule has 6 nitrogen and oxygen atoms in total. The number of aromatic nitrogens is 1. The minimum atomic E-state index is -0.851. The number of likely N-dealkylation sites (tertiary alicyclic amines) is 1. The Bertz CT molecular complexity index is 427. The zero-order valence-corrected chi connectivity index (χ0v) is 11.3. The Balaban J connectivity index is 1.73. The fourth-order valence-corrected chi connectivity index (χ4v) is 2.54. The Hall–Kier alpha value is -1.47. The standard InChI is InChI=1S/C12H16N2O4S/c15-11(16)3-6-18-9-1-4-14(5-2-9)12(17)10-7-19-8-13-10/h7-9H,1-6H2,(H,15,16). The van der Waals surface area contributed by atoms with Crippen molar-refractivity contribution in [2.45, 2.75) is 25.4 Å². The highest BCUT2D eigenvalue weighted by molar-refractivity contribution is 7.07. The topological polar surface area (TPSA) is 79.7 Å². The lowest BCUT2D eigenvalue weighted by atomic mass is 10.1. The summed E-state index contributed by atoms with van der Waals surface area (Å²) in [7, 11) is 0. The maximum atomic E-state index is 12.0.